The number of likely N-dealkylation sites (tertiary alicyclic amines) is 2. The lowest BCUT2D eigenvalue weighted by atomic mass is 9.79. The number of carbonyl (C=O) groups is 1. The molecule has 32 heavy (non-hydrogen) atoms. The summed E-state index contributed by atoms with van der Waals surface area (Å²) >= 11 is 0. The van der Waals surface area contributed by atoms with E-state index in [0.29, 0.717) is 24.5 Å². The Balaban J connectivity index is 1.32. The molecule has 0 radical (unpaired) electrons. The number of sulfonamides is 1. The van der Waals surface area contributed by atoms with Gasteiger partial charge >= 0.3 is 0 Å². The summed E-state index contributed by atoms with van der Waals surface area (Å²) in [7, 11) is -3.69. The molecule has 1 saturated carbocycles. The van der Waals surface area contributed by atoms with Crippen LogP contribution >= 0.6 is 0 Å². The SMILES string of the molecule is O=C(NCC1(N2CCCCC2)CCCCC1)[C@@H]1CCCN1C1=NS(=O)(=O)c2ccccc21. The van der Waals surface area contributed by atoms with Gasteiger partial charge in [-0.05, 0) is 63.7 Å². The van der Waals surface area contributed by atoms with Crippen LogP contribution in [0.1, 0.15) is 69.8 Å². The van der Waals surface area contributed by atoms with Gasteiger partial charge in [-0.15, -0.1) is 4.40 Å². The molecule has 0 aromatic heterocycles. The first-order valence-electron chi connectivity index (χ1n) is 12.2. The van der Waals surface area contributed by atoms with Crippen LogP contribution in [0.15, 0.2) is 33.6 Å². The Bertz CT molecular complexity index is 994. The Morgan fingerprint density at radius 2 is 1.72 bits per heavy atom. The fourth-order valence-corrected chi connectivity index (χ4v) is 7.36. The first-order chi connectivity index (χ1) is 15.5. The Morgan fingerprint density at radius 3 is 2.50 bits per heavy atom. The highest BCUT2D eigenvalue weighted by molar-refractivity contribution is 7.90. The number of amides is 1. The Labute approximate surface area is 191 Å². The first-order valence-corrected chi connectivity index (χ1v) is 13.7. The molecule has 0 unspecified atom stereocenters. The van der Waals surface area contributed by atoms with Crippen molar-refractivity contribution in [3.8, 4) is 0 Å². The third-order valence-corrected chi connectivity index (χ3v) is 9.17. The largest absolute Gasteiger partial charge is 0.352 e. The molecule has 3 aliphatic heterocycles. The Morgan fingerprint density at radius 1 is 1.00 bits per heavy atom. The van der Waals surface area contributed by atoms with Crippen LogP contribution in [-0.2, 0) is 14.8 Å². The molecule has 8 heteroatoms. The topological polar surface area (TPSA) is 82.1 Å². The molecule has 174 valence electrons. The zero-order valence-corrected chi connectivity index (χ0v) is 19.6. The summed E-state index contributed by atoms with van der Waals surface area (Å²) in [5.74, 6) is 0.440. The molecule has 1 aromatic rings. The van der Waals surface area contributed by atoms with Gasteiger partial charge in [0.15, 0.2) is 5.84 Å². The second kappa shape index (κ2) is 8.78. The minimum atomic E-state index is -3.69. The Hall–Kier alpha value is -1.93. The molecule has 7 nitrogen and oxygen atoms in total. The van der Waals surface area contributed by atoms with Crippen LogP contribution in [-0.4, -0.2) is 67.7 Å². The van der Waals surface area contributed by atoms with Gasteiger partial charge in [-0.3, -0.25) is 9.69 Å². The van der Waals surface area contributed by atoms with Crippen molar-refractivity contribution in [2.45, 2.75) is 80.7 Å². The zero-order valence-electron chi connectivity index (χ0n) is 18.8. The van der Waals surface area contributed by atoms with E-state index in [2.05, 4.69) is 14.6 Å². The number of piperidine rings is 1. The van der Waals surface area contributed by atoms with E-state index in [1.165, 1.54) is 38.5 Å². The summed E-state index contributed by atoms with van der Waals surface area (Å²) < 4.78 is 29.1. The average Bonchev–Trinajstić information content (AvgIpc) is 3.41. The predicted octanol–water partition coefficient (Wildman–Crippen LogP) is 2.90. The lowest BCUT2D eigenvalue weighted by Gasteiger charge is -2.48. The van der Waals surface area contributed by atoms with Gasteiger partial charge in [0.25, 0.3) is 10.0 Å². The summed E-state index contributed by atoms with van der Waals surface area (Å²) in [5.41, 5.74) is 0.697. The fourth-order valence-electron chi connectivity index (χ4n) is 6.14. The van der Waals surface area contributed by atoms with E-state index < -0.39 is 10.0 Å². The van der Waals surface area contributed by atoms with E-state index in [1.807, 2.05) is 11.0 Å². The van der Waals surface area contributed by atoms with Crippen LogP contribution in [0.5, 0.6) is 0 Å². The maximum Gasteiger partial charge on any atom is 0.285 e. The van der Waals surface area contributed by atoms with Crippen molar-refractivity contribution in [1.29, 1.82) is 0 Å². The molecular weight excluding hydrogens is 424 g/mol. The monoisotopic (exact) mass is 458 g/mol. The van der Waals surface area contributed by atoms with Gasteiger partial charge < -0.3 is 10.2 Å². The van der Waals surface area contributed by atoms with Crippen LogP contribution in [0.4, 0.5) is 0 Å². The number of amidine groups is 1. The minimum Gasteiger partial charge on any atom is -0.352 e. The van der Waals surface area contributed by atoms with Crippen molar-refractivity contribution in [2.24, 2.45) is 4.40 Å². The van der Waals surface area contributed by atoms with Crippen LogP contribution in [0.25, 0.3) is 0 Å². The number of carbonyl (C=O) groups excluding carboxylic acids is 1. The number of hydrogen-bond acceptors (Lipinski definition) is 5. The lowest BCUT2D eigenvalue weighted by Crippen LogP contribution is -2.59. The van der Waals surface area contributed by atoms with E-state index in [0.717, 1.165) is 38.8 Å². The quantitative estimate of drug-likeness (QED) is 0.750. The third-order valence-electron chi connectivity index (χ3n) is 7.84. The summed E-state index contributed by atoms with van der Waals surface area (Å²) in [6.07, 6.45) is 11.4. The average molecular weight is 459 g/mol. The van der Waals surface area contributed by atoms with Crippen molar-refractivity contribution in [3.05, 3.63) is 29.8 Å². The number of nitrogens with zero attached hydrogens (tertiary/aromatic N) is 3. The van der Waals surface area contributed by atoms with Crippen LogP contribution in [0.3, 0.4) is 0 Å². The third kappa shape index (κ3) is 3.96. The maximum absolute atomic E-state index is 13.4. The second-order valence-corrected chi connectivity index (χ2v) is 11.4. The van der Waals surface area contributed by atoms with E-state index >= 15 is 0 Å². The molecule has 0 bridgehead atoms. The number of rotatable bonds is 4. The Kier molecular flexibility index (Phi) is 6.01. The predicted molar refractivity (Wildman–Crippen MR) is 124 cm³/mol. The smallest absolute Gasteiger partial charge is 0.285 e. The van der Waals surface area contributed by atoms with Crippen LogP contribution < -0.4 is 5.32 Å². The molecule has 1 amide bonds. The fraction of sp³-hybridized carbons (Fsp3) is 0.667. The first kappa shape index (κ1) is 21.9. The molecule has 2 saturated heterocycles. The zero-order chi connectivity index (χ0) is 22.2. The van der Waals surface area contributed by atoms with Crippen LogP contribution in [0, 0.1) is 0 Å². The summed E-state index contributed by atoms with van der Waals surface area (Å²) in [4.78, 5) is 18.2. The molecule has 3 heterocycles. The van der Waals surface area contributed by atoms with Crippen LogP contribution in [0.2, 0.25) is 0 Å². The number of benzene rings is 1. The number of hydrogen-bond donors (Lipinski definition) is 1. The van der Waals surface area contributed by atoms with Crippen molar-refractivity contribution >= 4 is 21.8 Å². The molecule has 1 N–H and O–H groups in total. The normalized spacial score (nSPS) is 27.1. The molecule has 1 aromatic carbocycles. The van der Waals surface area contributed by atoms with Gasteiger partial charge in [-0.1, -0.05) is 37.8 Å². The van der Waals surface area contributed by atoms with Crippen molar-refractivity contribution in [1.82, 2.24) is 15.1 Å². The summed E-state index contributed by atoms with van der Waals surface area (Å²) in [6, 6.07) is 6.56. The molecule has 4 aliphatic rings. The summed E-state index contributed by atoms with van der Waals surface area (Å²) in [5, 5.41) is 3.30. The lowest BCUT2D eigenvalue weighted by molar-refractivity contribution is -0.125. The highest BCUT2D eigenvalue weighted by Crippen LogP contribution is 2.36. The molecular formula is C24H34N4O3S. The molecule has 1 aliphatic carbocycles. The van der Waals surface area contributed by atoms with Crippen molar-refractivity contribution in [3.63, 3.8) is 0 Å². The summed E-state index contributed by atoms with van der Waals surface area (Å²) in [6.45, 7) is 3.61. The van der Waals surface area contributed by atoms with Gasteiger partial charge in [-0.25, -0.2) is 0 Å². The van der Waals surface area contributed by atoms with Gasteiger partial charge in [-0.2, -0.15) is 8.42 Å². The number of nitrogens with one attached hydrogen (secondary N) is 1. The van der Waals surface area contributed by atoms with Gasteiger partial charge in [0.2, 0.25) is 5.91 Å². The standard InChI is InChI=1S/C24H34N4O3S/c29-23(25-18-24(13-5-1-6-14-24)27-15-7-2-8-16-27)20-11-9-17-28(20)22-19-10-3-4-12-21(19)32(30,31)26-22/h3-4,10,12,20H,1-2,5-9,11,13-18H2,(H,25,29)/t20-/m0/s1. The van der Waals surface area contributed by atoms with Gasteiger partial charge in [0.1, 0.15) is 10.9 Å². The van der Waals surface area contributed by atoms with E-state index in [9.17, 15) is 13.2 Å². The van der Waals surface area contributed by atoms with Crippen molar-refractivity contribution < 1.29 is 13.2 Å². The molecule has 5 rings (SSSR count). The number of fused-ring (bicyclic) bond motifs is 1. The molecule has 1 atom stereocenters. The minimum absolute atomic E-state index is 0.00827. The van der Waals surface area contributed by atoms with Gasteiger partial charge in [0, 0.05) is 24.2 Å². The highest BCUT2D eigenvalue weighted by atomic mass is 32.2. The maximum atomic E-state index is 13.4. The van der Waals surface area contributed by atoms with E-state index in [1.54, 1.807) is 18.2 Å². The van der Waals surface area contributed by atoms with Crippen molar-refractivity contribution in [2.75, 3.05) is 26.2 Å². The molecule has 3 fully saturated rings. The van der Waals surface area contributed by atoms with Gasteiger partial charge in [0.05, 0.1) is 0 Å². The van der Waals surface area contributed by atoms with E-state index in [4.69, 9.17) is 0 Å². The second-order valence-electron chi connectivity index (χ2n) is 9.79. The molecule has 0 spiro atoms. The van der Waals surface area contributed by atoms with E-state index in [-0.39, 0.29) is 22.4 Å². The highest BCUT2D eigenvalue weighted by Gasteiger charge is 2.42.